The number of ether oxygens (including phenoxy) is 2. The molecule has 1 heterocycles. The van der Waals surface area contributed by atoms with Crippen molar-refractivity contribution in [2.24, 2.45) is 0 Å². The van der Waals surface area contributed by atoms with E-state index in [-0.39, 0.29) is 19.1 Å². The molecule has 1 amide bonds. The number of hydrogen-bond acceptors (Lipinski definition) is 5. The summed E-state index contributed by atoms with van der Waals surface area (Å²) in [5.74, 6) is -0.880. The van der Waals surface area contributed by atoms with E-state index >= 15 is 0 Å². The van der Waals surface area contributed by atoms with Crippen LogP contribution in [0.4, 0.5) is 4.79 Å². The van der Waals surface area contributed by atoms with Crippen LogP contribution in [0.3, 0.4) is 0 Å². The number of carbonyl (C=O) groups is 2. The number of nitrogens with zero attached hydrogens (tertiary/aromatic N) is 1. The minimum atomic E-state index is -0.883. The molecule has 7 nitrogen and oxygen atoms in total. The lowest BCUT2D eigenvalue weighted by molar-refractivity contribution is -0.145. The zero-order valence-corrected chi connectivity index (χ0v) is 16.8. The Morgan fingerprint density at radius 3 is 2.27 bits per heavy atom. The van der Waals surface area contributed by atoms with Crippen molar-refractivity contribution in [3.05, 3.63) is 59.7 Å². The largest absolute Gasteiger partial charge is 0.480 e. The number of carbonyl (C=O) groups excluding carboxylic acids is 1. The van der Waals surface area contributed by atoms with E-state index in [0.29, 0.717) is 32.7 Å². The number of amides is 1. The summed E-state index contributed by atoms with van der Waals surface area (Å²) in [6.45, 7) is 2.72. The third kappa shape index (κ3) is 4.32. The summed E-state index contributed by atoms with van der Waals surface area (Å²) in [4.78, 5) is 25.7. The number of rotatable bonds is 7. The number of carboxylic acid groups (broad SMARTS) is 1. The van der Waals surface area contributed by atoms with Gasteiger partial charge in [0.2, 0.25) is 0 Å². The molecule has 7 heteroatoms. The third-order valence-corrected chi connectivity index (χ3v) is 5.80. The summed E-state index contributed by atoms with van der Waals surface area (Å²) in [7, 11) is 0. The molecule has 158 valence electrons. The molecule has 0 bridgehead atoms. The Hall–Kier alpha value is -2.90. The summed E-state index contributed by atoms with van der Waals surface area (Å²) in [5.41, 5.74) is 4.67. The first-order chi connectivity index (χ1) is 14.6. The Morgan fingerprint density at radius 2 is 1.67 bits per heavy atom. The van der Waals surface area contributed by atoms with Gasteiger partial charge < -0.3 is 19.9 Å². The molecular weight excluding hydrogens is 384 g/mol. The molecule has 1 aliphatic heterocycles. The first-order valence-corrected chi connectivity index (χ1v) is 10.3. The second-order valence-corrected chi connectivity index (χ2v) is 7.54. The first-order valence-electron chi connectivity index (χ1n) is 10.3. The van der Waals surface area contributed by atoms with Crippen LogP contribution in [-0.4, -0.2) is 67.6 Å². The number of hydrogen-bond donors (Lipinski definition) is 2. The summed E-state index contributed by atoms with van der Waals surface area (Å²) < 4.78 is 10.8. The van der Waals surface area contributed by atoms with Crippen LogP contribution in [0.25, 0.3) is 11.1 Å². The van der Waals surface area contributed by atoms with E-state index in [1.165, 1.54) is 11.1 Å². The first kappa shape index (κ1) is 20.4. The van der Waals surface area contributed by atoms with E-state index in [0.717, 1.165) is 11.1 Å². The van der Waals surface area contributed by atoms with Crippen molar-refractivity contribution >= 4 is 12.1 Å². The monoisotopic (exact) mass is 410 g/mol. The fraction of sp³-hybridized carbons (Fsp3) is 0.391. The van der Waals surface area contributed by atoms with Crippen molar-refractivity contribution in [1.82, 2.24) is 10.2 Å². The van der Waals surface area contributed by atoms with Crippen LogP contribution in [0.1, 0.15) is 23.5 Å². The van der Waals surface area contributed by atoms with Crippen molar-refractivity contribution in [3.63, 3.8) is 0 Å². The van der Waals surface area contributed by atoms with E-state index in [9.17, 15) is 14.7 Å². The summed E-state index contributed by atoms with van der Waals surface area (Å²) in [5, 5.41) is 12.2. The van der Waals surface area contributed by atoms with Crippen molar-refractivity contribution in [2.45, 2.75) is 18.4 Å². The second-order valence-electron chi connectivity index (χ2n) is 7.54. The van der Waals surface area contributed by atoms with Gasteiger partial charge in [0.05, 0.1) is 13.2 Å². The lowest BCUT2D eigenvalue weighted by Crippen LogP contribution is -2.48. The lowest BCUT2D eigenvalue weighted by Gasteiger charge is -2.31. The van der Waals surface area contributed by atoms with Crippen molar-refractivity contribution in [3.8, 4) is 11.1 Å². The molecule has 2 N–H and O–H groups in total. The highest BCUT2D eigenvalue weighted by Crippen LogP contribution is 2.44. The Labute approximate surface area is 175 Å². The molecule has 4 rings (SSSR count). The Morgan fingerprint density at radius 1 is 1.07 bits per heavy atom. The quantitative estimate of drug-likeness (QED) is 0.730. The molecule has 0 radical (unpaired) electrons. The molecule has 1 saturated heterocycles. The molecule has 1 aliphatic carbocycles. The zero-order valence-electron chi connectivity index (χ0n) is 16.8. The maximum absolute atomic E-state index is 12.2. The van der Waals surface area contributed by atoms with Crippen molar-refractivity contribution < 1.29 is 24.2 Å². The van der Waals surface area contributed by atoms with Gasteiger partial charge in [-0.15, -0.1) is 0 Å². The fourth-order valence-corrected chi connectivity index (χ4v) is 4.31. The van der Waals surface area contributed by atoms with Gasteiger partial charge in [-0.05, 0) is 28.7 Å². The number of fused-ring (bicyclic) bond motifs is 3. The van der Waals surface area contributed by atoms with Crippen LogP contribution >= 0.6 is 0 Å². The number of nitrogens with one attached hydrogen (secondary N) is 1. The maximum atomic E-state index is 12.2. The van der Waals surface area contributed by atoms with Gasteiger partial charge >= 0.3 is 12.1 Å². The average molecular weight is 410 g/mol. The molecule has 2 aromatic rings. The molecule has 1 fully saturated rings. The molecule has 1 atom stereocenters. The van der Waals surface area contributed by atoms with E-state index in [1.807, 2.05) is 29.2 Å². The van der Waals surface area contributed by atoms with E-state index in [1.54, 1.807) is 0 Å². The summed E-state index contributed by atoms with van der Waals surface area (Å²) in [6.07, 6.45) is -0.206. The molecule has 1 unspecified atom stereocenters. The van der Waals surface area contributed by atoms with E-state index < -0.39 is 18.1 Å². The number of alkyl carbamates (subject to hydrolysis) is 1. The Kier molecular flexibility index (Phi) is 6.30. The van der Waals surface area contributed by atoms with E-state index in [2.05, 4.69) is 29.6 Å². The van der Waals surface area contributed by atoms with Crippen LogP contribution in [-0.2, 0) is 14.3 Å². The highest BCUT2D eigenvalue weighted by atomic mass is 16.5. The highest BCUT2D eigenvalue weighted by Gasteiger charge is 2.29. The SMILES string of the molecule is O=C(NCCC(C(=O)O)N1CCOCC1)OCC1c2ccccc2-c2ccccc21. The molecule has 0 saturated carbocycles. The maximum Gasteiger partial charge on any atom is 0.407 e. The second kappa shape index (κ2) is 9.28. The van der Waals surface area contributed by atoms with Crippen molar-refractivity contribution in [2.75, 3.05) is 39.5 Å². The minimum Gasteiger partial charge on any atom is -0.480 e. The highest BCUT2D eigenvalue weighted by molar-refractivity contribution is 5.79. The predicted octanol–water partition coefficient (Wildman–Crippen LogP) is 2.70. The minimum absolute atomic E-state index is 0.00303. The normalized spacial score (nSPS) is 17.1. The van der Waals surface area contributed by atoms with Crippen LogP contribution in [0.15, 0.2) is 48.5 Å². The summed E-state index contributed by atoms with van der Waals surface area (Å²) in [6, 6.07) is 15.7. The molecule has 0 aromatic heterocycles. The standard InChI is InChI=1S/C23H26N2O5/c26-22(27)21(25-11-13-29-14-12-25)9-10-24-23(28)30-15-20-18-7-3-1-5-16(18)17-6-2-4-8-19(17)20/h1-8,20-21H,9-15H2,(H,24,28)(H,26,27). The van der Waals surface area contributed by atoms with Gasteiger partial charge in [-0.3, -0.25) is 9.69 Å². The lowest BCUT2D eigenvalue weighted by atomic mass is 9.98. The van der Waals surface area contributed by atoms with Crippen LogP contribution in [0.2, 0.25) is 0 Å². The van der Waals surface area contributed by atoms with Crippen LogP contribution in [0, 0.1) is 0 Å². The number of aliphatic carboxylic acids is 1. The fourth-order valence-electron chi connectivity index (χ4n) is 4.31. The van der Waals surface area contributed by atoms with Crippen LogP contribution < -0.4 is 5.32 Å². The molecule has 2 aliphatic rings. The van der Waals surface area contributed by atoms with Crippen LogP contribution in [0.5, 0.6) is 0 Å². The molecule has 2 aromatic carbocycles. The van der Waals surface area contributed by atoms with Gasteiger partial charge in [0.1, 0.15) is 12.6 Å². The zero-order chi connectivity index (χ0) is 20.9. The van der Waals surface area contributed by atoms with Gasteiger partial charge in [0, 0.05) is 25.6 Å². The third-order valence-electron chi connectivity index (χ3n) is 5.80. The summed E-state index contributed by atoms with van der Waals surface area (Å²) >= 11 is 0. The Bertz CT molecular complexity index is 864. The van der Waals surface area contributed by atoms with Gasteiger partial charge in [-0.1, -0.05) is 48.5 Å². The van der Waals surface area contributed by atoms with Gasteiger partial charge in [0.15, 0.2) is 0 Å². The smallest absolute Gasteiger partial charge is 0.407 e. The average Bonchev–Trinajstić information content (AvgIpc) is 3.09. The number of benzene rings is 2. The number of carboxylic acids is 1. The van der Waals surface area contributed by atoms with Gasteiger partial charge in [-0.2, -0.15) is 0 Å². The van der Waals surface area contributed by atoms with Gasteiger partial charge in [0.25, 0.3) is 0 Å². The molecule has 30 heavy (non-hydrogen) atoms. The number of morpholine rings is 1. The Balaban J connectivity index is 1.30. The van der Waals surface area contributed by atoms with E-state index in [4.69, 9.17) is 9.47 Å². The van der Waals surface area contributed by atoms with Gasteiger partial charge in [-0.25, -0.2) is 4.79 Å². The topological polar surface area (TPSA) is 88.1 Å². The molecule has 0 spiro atoms. The predicted molar refractivity (Wildman–Crippen MR) is 112 cm³/mol. The molecular formula is C23H26N2O5. The van der Waals surface area contributed by atoms with Crippen molar-refractivity contribution in [1.29, 1.82) is 0 Å².